The van der Waals surface area contributed by atoms with Gasteiger partial charge in [0.2, 0.25) is 5.91 Å². The number of carbonyl (C=O) groups is 1. The van der Waals surface area contributed by atoms with Crippen molar-refractivity contribution in [3.63, 3.8) is 0 Å². The van der Waals surface area contributed by atoms with Crippen LogP contribution in [0, 0.1) is 30.1 Å². The monoisotopic (exact) mass is 414 g/mol. The number of hydrogen-bond acceptors (Lipinski definition) is 5. The van der Waals surface area contributed by atoms with E-state index in [1.807, 2.05) is 24.6 Å². The van der Waals surface area contributed by atoms with E-state index in [4.69, 9.17) is 4.42 Å². The third-order valence-corrected chi connectivity index (χ3v) is 8.67. The van der Waals surface area contributed by atoms with Gasteiger partial charge in [-0.15, -0.1) is 10.2 Å². The number of thioether (sulfide) groups is 1. The molecule has 2 heterocycles. The molecule has 4 fully saturated rings. The Morgan fingerprint density at radius 1 is 1.28 bits per heavy atom. The van der Waals surface area contributed by atoms with Gasteiger partial charge in [0, 0.05) is 13.1 Å². The molecule has 1 amide bonds. The van der Waals surface area contributed by atoms with Crippen molar-refractivity contribution in [2.24, 2.45) is 30.2 Å². The van der Waals surface area contributed by atoms with E-state index in [2.05, 4.69) is 22.4 Å². The fourth-order valence-electron chi connectivity index (χ4n) is 6.57. The highest BCUT2D eigenvalue weighted by Crippen LogP contribution is 2.61. The van der Waals surface area contributed by atoms with Crippen LogP contribution in [0.25, 0.3) is 11.4 Å². The van der Waals surface area contributed by atoms with Crippen LogP contribution < -0.4 is 5.32 Å². The summed E-state index contributed by atoms with van der Waals surface area (Å²) in [4.78, 5) is 12.7. The minimum absolute atomic E-state index is 0.0993. The molecule has 6 nitrogen and oxygen atoms in total. The Hall–Kier alpha value is -1.76. The Bertz CT molecular complexity index is 883. The van der Waals surface area contributed by atoms with E-state index in [1.54, 1.807) is 6.26 Å². The molecule has 4 bridgehead atoms. The maximum absolute atomic E-state index is 12.7. The van der Waals surface area contributed by atoms with Crippen LogP contribution in [-0.4, -0.2) is 32.5 Å². The largest absolute Gasteiger partial charge is 0.469 e. The number of rotatable bonds is 6. The summed E-state index contributed by atoms with van der Waals surface area (Å²) in [5.74, 6) is 4.75. The van der Waals surface area contributed by atoms with E-state index in [0.29, 0.717) is 11.2 Å². The Labute approximate surface area is 176 Å². The van der Waals surface area contributed by atoms with Gasteiger partial charge in [-0.05, 0) is 81.6 Å². The van der Waals surface area contributed by atoms with Gasteiger partial charge in [0.15, 0.2) is 11.0 Å². The number of furan rings is 1. The van der Waals surface area contributed by atoms with Crippen molar-refractivity contribution in [3.8, 4) is 11.4 Å². The van der Waals surface area contributed by atoms with Crippen molar-refractivity contribution in [1.29, 1.82) is 0 Å². The van der Waals surface area contributed by atoms with Crippen LogP contribution in [0.2, 0.25) is 0 Å². The number of carbonyl (C=O) groups excluding carboxylic acids is 1. The quantitative estimate of drug-likeness (QED) is 0.717. The minimum atomic E-state index is 0.0993. The molecule has 4 aliphatic carbocycles. The molecule has 0 saturated heterocycles. The van der Waals surface area contributed by atoms with Gasteiger partial charge < -0.3 is 14.3 Å². The first-order chi connectivity index (χ1) is 13.9. The topological polar surface area (TPSA) is 72.9 Å². The Balaban J connectivity index is 1.20. The van der Waals surface area contributed by atoms with Crippen molar-refractivity contribution in [3.05, 3.63) is 18.1 Å². The van der Waals surface area contributed by atoms with E-state index < -0.39 is 0 Å². The Morgan fingerprint density at radius 3 is 2.52 bits per heavy atom. The highest BCUT2D eigenvalue weighted by molar-refractivity contribution is 7.99. The standard InChI is InChI=1S/C22H30N4O2S/c1-13-18(4-5-28-13)20-24-25-21(26(20)3)29-12-19(27)23-14(2)22-9-15-6-16(10-22)8-17(7-15)11-22/h4-5,14-17H,6-12H2,1-3H3,(H,23,27)/t14-,15?,16?,17?,22?/m0/s1. The highest BCUT2D eigenvalue weighted by Gasteiger charge is 2.53. The zero-order chi connectivity index (χ0) is 20.2. The molecule has 0 aliphatic heterocycles. The fraction of sp³-hybridized carbons (Fsp3) is 0.682. The molecule has 4 saturated carbocycles. The number of nitrogens with zero attached hydrogens (tertiary/aromatic N) is 3. The maximum Gasteiger partial charge on any atom is 0.230 e. The average molecular weight is 415 g/mol. The molecule has 1 atom stereocenters. The lowest BCUT2D eigenvalue weighted by molar-refractivity contribution is -0.123. The SMILES string of the molecule is Cc1occc1-c1nnc(SCC(=O)N[C@@H](C)C23CC4CC(CC(C4)C2)C3)n1C. The molecular weight excluding hydrogens is 384 g/mol. The molecule has 2 aromatic rings. The molecule has 0 spiro atoms. The summed E-state index contributed by atoms with van der Waals surface area (Å²) in [7, 11) is 1.93. The average Bonchev–Trinajstić information content (AvgIpc) is 3.24. The summed E-state index contributed by atoms with van der Waals surface area (Å²) in [6, 6.07) is 2.15. The summed E-state index contributed by atoms with van der Waals surface area (Å²) in [5.41, 5.74) is 1.28. The van der Waals surface area contributed by atoms with Crippen LogP contribution >= 0.6 is 11.8 Å². The first-order valence-electron chi connectivity index (χ1n) is 10.8. The molecule has 29 heavy (non-hydrogen) atoms. The molecule has 1 N–H and O–H groups in total. The van der Waals surface area contributed by atoms with Crippen molar-refractivity contribution in [2.45, 2.75) is 63.6 Å². The predicted molar refractivity (Wildman–Crippen MR) is 112 cm³/mol. The summed E-state index contributed by atoms with van der Waals surface area (Å²) < 4.78 is 7.30. The van der Waals surface area contributed by atoms with Crippen LogP contribution in [0.15, 0.2) is 21.9 Å². The molecule has 156 valence electrons. The zero-order valence-corrected chi connectivity index (χ0v) is 18.3. The summed E-state index contributed by atoms with van der Waals surface area (Å²) in [6.07, 6.45) is 9.88. The van der Waals surface area contributed by atoms with Crippen molar-refractivity contribution in [1.82, 2.24) is 20.1 Å². The summed E-state index contributed by atoms with van der Waals surface area (Å²) in [6.45, 7) is 4.15. The predicted octanol–water partition coefficient (Wildman–Crippen LogP) is 4.20. The molecular formula is C22H30N4O2S. The first-order valence-corrected chi connectivity index (χ1v) is 11.8. The van der Waals surface area contributed by atoms with Crippen LogP contribution in [0.4, 0.5) is 0 Å². The molecule has 0 unspecified atom stereocenters. The van der Waals surface area contributed by atoms with Crippen molar-refractivity contribution >= 4 is 17.7 Å². The summed E-state index contributed by atoms with van der Waals surface area (Å²) in [5, 5.41) is 12.6. The number of aromatic nitrogens is 3. The number of amides is 1. The van der Waals surface area contributed by atoms with Gasteiger partial charge in [0.1, 0.15) is 5.76 Å². The Morgan fingerprint density at radius 2 is 1.93 bits per heavy atom. The smallest absolute Gasteiger partial charge is 0.230 e. The van der Waals surface area contributed by atoms with Gasteiger partial charge in [-0.25, -0.2) is 0 Å². The van der Waals surface area contributed by atoms with E-state index >= 15 is 0 Å². The van der Waals surface area contributed by atoms with Gasteiger partial charge in [0.05, 0.1) is 17.6 Å². The number of nitrogens with one attached hydrogen (secondary N) is 1. The molecule has 2 aromatic heterocycles. The fourth-order valence-corrected chi connectivity index (χ4v) is 7.29. The van der Waals surface area contributed by atoms with E-state index in [9.17, 15) is 4.79 Å². The number of hydrogen-bond donors (Lipinski definition) is 1. The maximum atomic E-state index is 12.7. The van der Waals surface area contributed by atoms with Gasteiger partial charge in [-0.3, -0.25) is 4.79 Å². The van der Waals surface area contributed by atoms with Gasteiger partial charge >= 0.3 is 0 Å². The molecule has 0 aromatic carbocycles. The lowest BCUT2D eigenvalue weighted by Crippen LogP contribution is -2.56. The third kappa shape index (κ3) is 3.41. The van der Waals surface area contributed by atoms with Crippen LogP contribution in [0.1, 0.15) is 51.2 Å². The van der Waals surface area contributed by atoms with Crippen LogP contribution in [0.5, 0.6) is 0 Å². The highest BCUT2D eigenvalue weighted by atomic mass is 32.2. The summed E-state index contributed by atoms with van der Waals surface area (Å²) >= 11 is 1.44. The first kappa shape index (κ1) is 19.2. The lowest BCUT2D eigenvalue weighted by atomic mass is 9.48. The second kappa shape index (κ2) is 7.18. The zero-order valence-electron chi connectivity index (χ0n) is 17.5. The minimum Gasteiger partial charge on any atom is -0.469 e. The second-order valence-corrected chi connectivity index (χ2v) is 10.6. The number of aryl methyl sites for hydroxylation is 1. The lowest BCUT2D eigenvalue weighted by Gasteiger charge is -2.59. The van der Waals surface area contributed by atoms with E-state index in [1.165, 1.54) is 50.3 Å². The van der Waals surface area contributed by atoms with Gasteiger partial charge in [-0.1, -0.05) is 11.8 Å². The molecule has 7 heteroatoms. The van der Waals surface area contributed by atoms with Gasteiger partial charge in [-0.2, -0.15) is 0 Å². The van der Waals surface area contributed by atoms with Crippen LogP contribution in [-0.2, 0) is 11.8 Å². The van der Waals surface area contributed by atoms with E-state index in [-0.39, 0.29) is 11.9 Å². The Kier molecular flexibility index (Phi) is 4.76. The molecule has 6 rings (SSSR count). The molecule has 0 radical (unpaired) electrons. The van der Waals surface area contributed by atoms with Gasteiger partial charge in [0.25, 0.3) is 0 Å². The van der Waals surface area contributed by atoms with Crippen molar-refractivity contribution in [2.75, 3.05) is 5.75 Å². The van der Waals surface area contributed by atoms with Crippen molar-refractivity contribution < 1.29 is 9.21 Å². The third-order valence-electron chi connectivity index (χ3n) is 7.65. The van der Waals surface area contributed by atoms with Crippen LogP contribution in [0.3, 0.4) is 0 Å². The van der Waals surface area contributed by atoms with E-state index in [0.717, 1.165) is 40.1 Å². The normalized spacial score (nSPS) is 31.2. The second-order valence-electron chi connectivity index (χ2n) is 9.61. The molecule has 4 aliphatic rings.